The number of unbranched alkanes of at least 4 members (excludes halogenated alkanes) is 20. The summed E-state index contributed by atoms with van der Waals surface area (Å²) in [6, 6.07) is 0. The SMILES string of the molecule is CC/C=C\C/C=C\C/C=C\C/C=C\C/C=C\C/C=C\CCCCCCCCCCCCCCCCC(=O)OCC(O)COP(=O)(O)OCC(O)COP(=O)(O)OCC(COC(=O)CCCCCCCC/C=C\C/C=C\C/C=C\C/C=C\C/C=C\C/C=C\CC)OC(=O)CC/C=C\C/C=C\C/C=C\C/C=C\C/C=C\C/C=C\CC. The first-order chi connectivity index (χ1) is 55.2. The average Bonchev–Trinajstić information content (AvgIpc) is 0.900. The Bertz CT molecular complexity index is 2930. The van der Waals surface area contributed by atoms with Gasteiger partial charge in [0.1, 0.15) is 25.4 Å². The van der Waals surface area contributed by atoms with Crippen LogP contribution in [-0.2, 0) is 55.8 Å². The molecule has 0 spiro atoms. The number of phosphoric ester groups is 2. The van der Waals surface area contributed by atoms with Crippen molar-refractivity contribution < 1.29 is 75.8 Å². The van der Waals surface area contributed by atoms with Crippen molar-refractivity contribution in [2.75, 3.05) is 39.6 Å². The summed E-state index contributed by atoms with van der Waals surface area (Å²) in [6.45, 7) is 2.22. The summed E-state index contributed by atoms with van der Waals surface area (Å²) >= 11 is 0. The second-order valence-electron chi connectivity index (χ2n) is 27.8. The van der Waals surface area contributed by atoms with Crippen molar-refractivity contribution in [3.8, 4) is 0 Å². The summed E-state index contributed by atoms with van der Waals surface area (Å²) in [6.07, 6.45) is 116. The second kappa shape index (κ2) is 85.2. The van der Waals surface area contributed by atoms with Gasteiger partial charge in [-0.15, -0.1) is 0 Å². The third-order valence-corrected chi connectivity index (χ3v) is 19.1. The van der Waals surface area contributed by atoms with Crippen molar-refractivity contribution in [2.45, 2.75) is 322 Å². The Labute approximate surface area is 685 Å². The lowest BCUT2D eigenvalue weighted by atomic mass is 10.0. The van der Waals surface area contributed by atoms with E-state index in [0.29, 0.717) is 25.7 Å². The fourth-order valence-electron chi connectivity index (χ4n) is 10.8. The van der Waals surface area contributed by atoms with Gasteiger partial charge in [0, 0.05) is 19.3 Å². The van der Waals surface area contributed by atoms with Gasteiger partial charge in [-0.25, -0.2) is 9.13 Å². The number of aliphatic hydroxyl groups is 2. The molecule has 0 aliphatic rings. The van der Waals surface area contributed by atoms with Crippen LogP contribution in [0.25, 0.3) is 0 Å². The molecule has 113 heavy (non-hydrogen) atoms. The molecule has 0 amide bonds. The van der Waals surface area contributed by atoms with Crippen molar-refractivity contribution >= 4 is 33.6 Å². The Balaban J connectivity index is 4.63. The highest BCUT2D eigenvalue weighted by Gasteiger charge is 2.29. The van der Waals surface area contributed by atoms with Crippen LogP contribution in [-0.4, -0.2) is 95.9 Å². The molecule has 0 aliphatic carbocycles. The van der Waals surface area contributed by atoms with E-state index in [1.54, 1.807) is 0 Å². The molecule has 0 fully saturated rings. The van der Waals surface area contributed by atoms with Crippen molar-refractivity contribution in [3.05, 3.63) is 219 Å². The predicted molar refractivity (Wildman–Crippen MR) is 472 cm³/mol. The summed E-state index contributed by atoms with van der Waals surface area (Å²) in [5, 5.41) is 20.7. The largest absolute Gasteiger partial charge is 0.472 e. The number of carbonyl (C=O) groups excluding carboxylic acids is 3. The van der Waals surface area contributed by atoms with Gasteiger partial charge in [-0.2, -0.15) is 0 Å². The van der Waals surface area contributed by atoms with Crippen LogP contribution in [0.2, 0.25) is 0 Å². The van der Waals surface area contributed by atoms with Gasteiger partial charge in [0.2, 0.25) is 0 Å². The topological polar surface area (TPSA) is 231 Å². The molecule has 5 unspecified atom stereocenters. The Hall–Kier alpha value is -6.13. The van der Waals surface area contributed by atoms with Crippen LogP contribution in [0.3, 0.4) is 0 Å². The summed E-state index contributed by atoms with van der Waals surface area (Å²) in [5.74, 6) is -1.70. The molecule has 0 heterocycles. The van der Waals surface area contributed by atoms with E-state index >= 15 is 0 Å². The van der Waals surface area contributed by atoms with Gasteiger partial charge in [-0.1, -0.05) is 342 Å². The number of hydrogen-bond acceptors (Lipinski definition) is 14. The zero-order valence-corrected chi connectivity index (χ0v) is 71.7. The smallest absolute Gasteiger partial charge is 0.463 e. The van der Waals surface area contributed by atoms with Gasteiger partial charge in [0.25, 0.3) is 0 Å². The highest BCUT2D eigenvalue weighted by Crippen LogP contribution is 2.45. The summed E-state index contributed by atoms with van der Waals surface area (Å²) in [7, 11) is -9.85. The van der Waals surface area contributed by atoms with Crippen molar-refractivity contribution in [3.63, 3.8) is 0 Å². The molecule has 0 aromatic rings. The average molecular weight is 1610 g/mol. The second-order valence-corrected chi connectivity index (χ2v) is 30.7. The van der Waals surface area contributed by atoms with Crippen LogP contribution in [0, 0.1) is 0 Å². The van der Waals surface area contributed by atoms with E-state index in [2.05, 4.69) is 221 Å². The van der Waals surface area contributed by atoms with Crippen molar-refractivity contribution in [2.24, 2.45) is 0 Å². The van der Waals surface area contributed by atoms with Crippen LogP contribution in [0.4, 0.5) is 0 Å². The first kappa shape index (κ1) is 107. The molecule has 0 radical (unpaired) electrons. The summed E-state index contributed by atoms with van der Waals surface area (Å²) in [5.41, 5.74) is 0. The molecule has 18 heteroatoms. The molecule has 0 bridgehead atoms. The van der Waals surface area contributed by atoms with Gasteiger partial charge in [0.05, 0.1) is 26.4 Å². The van der Waals surface area contributed by atoms with Crippen molar-refractivity contribution in [1.29, 1.82) is 0 Å². The van der Waals surface area contributed by atoms with Crippen LogP contribution < -0.4 is 0 Å². The van der Waals surface area contributed by atoms with E-state index in [1.807, 2.05) is 18.2 Å². The lowest BCUT2D eigenvalue weighted by molar-refractivity contribution is -0.161. The first-order valence-corrected chi connectivity index (χ1v) is 46.0. The Morgan fingerprint density at radius 1 is 0.248 bits per heavy atom. The fraction of sp³-hybridized carbons (Fsp3) is 0.589. The van der Waals surface area contributed by atoms with Gasteiger partial charge in [0.15, 0.2) is 6.10 Å². The van der Waals surface area contributed by atoms with Gasteiger partial charge in [-0.3, -0.25) is 32.5 Å². The molecule has 0 saturated heterocycles. The van der Waals surface area contributed by atoms with E-state index in [4.69, 9.17) is 32.3 Å². The van der Waals surface area contributed by atoms with Crippen molar-refractivity contribution in [1.82, 2.24) is 0 Å². The molecule has 0 saturated carbocycles. The predicted octanol–water partition coefficient (Wildman–Crippen LogP) is 26.2. The number of hydrogen-bond donors (Lipinski definition) is 4. The van der Waals surface area contributed by atoms with E-state index in [9.17, 15) is 43.5 Å². The molecule has 5 atom stereocenters. The minimum absolute atomic E-state index is 0.0328. The highest BCUT2D eigenvalue weighted by molar-refractivity contribution is 7.47. The molecule has 0 aromatic carbocycles. The molecule has 16 nitrogen and oxygen atoms in total. The van der Waals surface area contributed by atoms with Crippen LogP contribution >= 0.6 is 15.6 Å². The Kier molecular flexibility index (Phi) is 80.6. The van der Waals surface area contributed by atoms with E-state index in [0.717, 1.165) is 173 Å². The molecular weight excluding hydrogens is 1460 g/mol. The fourth-order valence-corrected chi connectivity index (χ4v) is 12.4. The van der Waals surface area contributed by atoms with Gasteiger partial charge in [-0.05, 0) is 161 Å². The maximum atomic E-state index is 13.0. The third-order valence-electron chi connectivity index (χ3n) is 17.2. The molecule has 0 aliphatic heterocycles. The normalized spacial score (nSPS) is 14.9. The van der Waals surface area contributed by atoms with Crippen LogP contribution in [0.1, 0.15) is 303 Å². The maximum absolute atomic E-state index is 13.0. The molecule has 638 valence electrons. The first-order valence-electron chi connectivity index (χ1n) is 43.0. The molecular formula is C95H152O16P2. The highest BCUT2D eigenvalue weighted by atomic mass is 31.2. The lowest BCUT2D eigenvalue weighted by Gasteiger charge is -2.21. The van der Waals surface area contributed by atoms with Gasteiger partial charge < -0.3 is 34.2 Å². The lowest BCUT2D eigenvalue weighted by Crippen LogP contribution is -2.29. The number of aliphatic hydroxyl groups excluding tert-OH is 2. The Morgan fingerprint density at radius 2 is 0.460 bits per heavy atom. The number of ether oxygens (including phenoxy) is 3. The third kappa shape index (κ3) is 86.6. The molecule has 0 rings (SSSR count). The number of phosphoric acid groups is 2. The monoisotopic (exact) mass is 1610 g/mol. The number of carbonyl (C=O) groups is 3. The summed E-state index contributed by atoms with van der Waals surface area (Å²) in [4.78, 5) is 58.8. The quantitative estimate of drug-likeness (QED) is 0.0146. The summed E-state index contributed by atoms with van der Waals surface area (Å²) < 4.78 is 61.2. The Morgan fingerprint density at radius 3 is 0.735 bits per heavy atom. The number of allylic oxidation sites excluding steroid dienone is 36. The van der Waals surface area contributed by atoms with Crippen LogP contribution in [0.15, 0.2) is 219 Å². The zero-order valence-electron chi connectivity index (χ0n) is 70.0. The van der Waals surface area contributed by atoms with Gasteiger partial charge >= 0.3 is 33.6 Å². The minimum atomic E-state index is -4.97. The zero-order chi connectivity index (χ0) is 82.2. The van der Waals surface area contributed by atoms with E-state index < -0.39 is 91.5 Å². The maximum Gasteiger partial charge on any atom is 0.472 e. The van der Waals surface area contributed by atoms with Crippen LogP contribution in [0.5, 0.6) is 0 Å². The number of esters is 3. The number of rotatable bonds is 79. The van der Waals surface area contributed by atoms with E-state index in [1.165, 1.54) is 64.2 Å². The molecule has 0 aromatic heterocycles. The molecule has 4 N–H and O–H groups in total. The standard InChI is InChI=1S/C95H152O16P2/c1-4-7-10-13-16-19-22-25-28-31-34-36-38-40-41-42-43-44-45-46-47-49-51-52-55-57-60-63-66-69-72-75-78-81-93(98)105-84-90(96)85-107-112(101,102)108-86-91(97)87-109-113(103,104)110-89-92(111-95(100)83-80-77-74-71-68-65-62-59-54-33-30-27-24-21-18-15-12-9-6-3)88-106-94(99)82-79-76-73-70-67-64-61-58-56-53-50-48-39-37-35-32-29-26-23-20-17-14-11-8-5-2/h7-12,16-21,25-30,34-37,40-41,43-44,48,50,54,56,58-59,65,68,74,77,90-92,96-97H,4-6,13-15,22-24,31-33,38-39,42,45-47,49,51-53,55,57,60-64,66-67,69-73,75-76,78-89H2,1-3H3,(H,101,102)(H,103,104)/b10-7-,11-8-,12-9-,19-16-,20-17-,21-18-,28-25-,29-26-,30-27-,36-34-,37-35-,41-40-,44-43-,50-48-,58-56-,59-54-,68-65-,77-74-. The minimum Gasteiger partial charge on any atom is -0.463 e. The van der Waals surface area contributed by atoms with E-state index in [-0.39, 0.29) is 19.3 Å².